The molecule has 1 fully saturated rings. The normalized spacial score (nSPS) is 21.0. The van der Waals surface area contributed by atoms with Gasteiger partial charge in [-0.3, -0.25) is 4.79 Å². The molecule has 0 aromatic carbocycles. The van der Waals surface area contributed by atoms with Gasteiger partial charge in [0.2, 0.25) is 0 Å². The molecule has 0 bridgehead atoms. The highest BCUT2D eigenvalue weighted by atomic mass is 16.3. The topological polar surface area (TPSA) is 49.2 Å². The maximum atomic E-state index is 12.3. The van der Waals surface area contributed by atoms with Crippen LogP contribution in [-0.4, -0.2) is 28.4 Å². The third kappa shape index (κ3) is 1.73. The average molecular weight is 232 g/mol. The molecule has 3 rings (SSSR count). The van der Waals surface area contributed by atoms with E-state index in [2.05, 4.69) is 11.9 Å². The van der Waals surface area contributed by atoms with Gasteiger partial charge in [-0.15, -0.1) is 0 Å². The van der Waals surface area contributed by atoms with Gasteiger partial charge in [-0.05, 0) is 26.2 Å². The summed E-state index contributed by atoms with van der Waals surface area (Å²) in [6.45, 7) is 2.98. The standard InChI is InChI=1S/C13H16N2O2/c1-9-4-2-3-6-15(9)13(16)11-8-12-10(14-11)5-7-17-12/h5,7-9,14H,2-4,6H2,1H3. The Kier molecular flexibility index (Phi) is 2.42. The molecule has 1 N–H and O–H groups in total. The molecule has 90 valence electrons. The second-order valence-electron chi connectivity index (χ2n) is 4.72. The number of hydrogen-bond acceptors (Lipinski definition) is 2. The van der Waals surface area contributed by atoms with E-state index in [9.17, 15) is 4.79 Å². The number of aromatic nitrogens is 1. The highest BCUT2D eigenvalue weighted by Crippen LogP contribution is 2.21. The number of piperidine rings is 1. The first kappa shape index (κ1) is 10.4. The SMILES string of the molecule is CC1CCCCN1C(=O)c1cc2occc2[nH]1. The van der Waals surface area contributed by atoms with Gasteiger partial charge >= 0.3 is 0 Å². The molecule has 3 heterocycles. The second kappa shape index (κ2) is 3.95. The van der Waals surface area contributed by atoms with Crippen LogP contribution in [-0.2, 0) is 0 Å². The van der Waals surface area contributed by atoms with Crippen molar-refractivity contribution >= 4 is 17.0 Å². The first-order valence-electron chi connectivity index (χ1n) is 6.13. The molecule has 0 spiro atoms. The van der Waals surface area contributed by atoms with Gasteiger partial charge in [0.25, 0.3) is 5.91 Å². The quantitative estimate of drug-likeness (QED) is 0.821. The molecule has 4 nitrogen and oxygen atoms in total. The van der Waals surface area contributed by atoms with Gasteiger partial charge in [-0.2, -0.15) is 0 Å². The van der Waals surface area contributed by atoms with E-state index in [0.29, 0.717) is 11.7 Å². The van der Waals surface area contributed by atoms with Crippen LogP contribution in [0.3, 0.4) is 0 Å². The summed E-state index contributed by atoms with van der Waals surface area (Å²) in [7, 11) is 0. The number of carbonyl (C=O) groups excluding carboxylic acids is 1. The van der Waals surface area contributed by atoms with Crippen LogP contribution in [0.25, 0.3) is 11.1 Å². The Labute approximate surface area is 99.6 Å². The Morgan fingerprint density at radius 3 is 3.18 bits per heavy atom. The summed E-state index contributed by atoms with van der Waals surface area (Å²) in [5.41, 5.74) is 2.27. The number of amides is 1. The molecule has 1 saturated heterocycles. The third-order valence-corrected chi connectivity index (χ3v) is 3.53. The van der Waals surface area contributed by atoms with Crippen molar-refractivity contribution < 1.29 is 9.21 Å². The Hall–Kier alpha value is -1.71. The van der Waals surface area contributed by atoms with Gasteiger partial charge in [-0.1, -0.05) is 0 Å². The zero-order chi connectivity index (χ0) is 11.8. The molecule has 1 aliphatic rings. The number of likely N-dealkylation sites (tertiary alicyclic amines) is 1. The average Bonchev–Trinajstić information content (AvgIpc) is 2.88. The summed E-state index contributed by atoms with van der Waals surface area (Å²) in [6, 6.07) is 3.97. The minimum absolute atomic E-state index is 0.0867. The van der Waals surface area contributed by atoms with Gasteiger partial charge in [0, 0.05) is 24.7 Å². The van der Waals surface area contributed by atoms with Crippen LogP contribution in [0.5, 0.6) is 0 Å². The number of hydrogen-bond donors (Lipinski definition) is 1. The molecule has 0 radical (unpaired) electrons. The number of nitrogens with one attached hydrogen (secondary N) is 1. The van der Waals surface area contributed by atoms with Crippen molar-refractivity contribution in [2.24, 2.45) is 0 Å². The van der Waals surface area contributed by atoms with Crippen LogP contribution < -0.4 is 0 Å². The van der Waals surface area contributed by atoms with Gasteiger partial charge in [0.05, 0.1) is 11.8 Å². The summed E-state index contributed by atoms with van der Waals surface area (Å²) in [6.07, 6.45) is 5.05. The molecule has 0 aliphatic carbocycles. The number of H-pyrrole nitrogens is 1. The summed E-state index contributed by atoms with van der Waals surface area (Å²) < 4.78 is 5.26. The van der Waals surface area contributed by atoms with E-state index in [0.717, 1.165) is 30.5 Å². The highest BCUT2D eigenvalue weighted by molar-refractivity contribution is 5.97. The van der Waals surface area contributed by atoms with Crippen molar-refractivity contribution in [2.45, 2.75) is 32.2 Å². The number of aromatic amines is 1. The minimum atomic E-state index is 0.0867. The van der Waals surface area contributed by atoms with E-state index in [-0.39, 0.29) is 5.91 Å². The summed E-state index contributed by atoms with van der Waals surface area (Å²) in [5.74, 6) is 0.0867. The van der Waals surface area contributed by atoms with Crippen molar-refractivity contribution in [1.82, 2.24) is 9.88 Å². The van der Waals surface area contributed by atoms with E-state index in [1.807, 2.05) is 11.0 Å². The van der Waals surface area contributed by atoms with Crippen molar-refractivity contribution in [3.8, 4) is 0 Å². The molecule has 2 aromatic heterocycles. The van der Waals surface area contributed by atoms with E-state index < -0.39 is 0 Å². The van der Waals surface area contributed by atoms with Crippen LogP contribution >= 0.6 is 0 Å². The molecule has 4 heteroatoms. The predicted molar refractivity (Wildman–Crippen MR) is 64.9 cm³/mol. The number of fused-ring (bicyclic) bond motifs is 1. The first-order valence-corrected chi connectivity index (χ1v) is 6.13. The van der Waals surface area contributed by atoms with Crippen molar-refractivity contribution in [1.29, 1.82) is 0 Å². The Balaban J connectivity index is 1.88. The lowest BCUT2D eigenvalue weighted by atomic mass is 10.0. The monoisotopic (exact) mass is 232 g/mol. The number of nitrogens with zero attached hydrogens (tertiary/aromatic N) is 1. The lowest BCUT2D eigenvalue weighted by Crippen LogP contribution is -2.42. The molecule has 1 amide bonds. The van der Waals surface area contributed by atoms with Gasteiger partial charge < -0.3 is 14.3 Å². The minimum Gasteiger partial charge on any atom is -0.463 e. The molecular formula is C13H16N2O2. The zero-order valence-electron chi connectivity index (χ0n) is 9.90. The Morgan fingerprint density at radius 1 is 1.53 bits per heavy atom. The van der Waals surface area contributed by atoms with Crippen LogP contribution in [0, 0.1) is 0 Å². The molecule has 17 heavy (non-hydrogen) atoms. The molecule has 1 aliphatic heterocycles. The smallest absolute Gasteiger partial charge is 0.270 e. The van der Waals surface area contributed by atoms with Gasteiger partial charge in [0.1, 0.15) is 5.69 Å². The highest BCUT2D eigenvalue weighted by Gasteiger charge is 2.25. The molecule has 1 unspecified atom stereocenters. The van der Waals surface area contributed by atoms with Crippen molar-refractivity contribution in [3.63, 3.8) is 0 Å². The number of rotatable bonds is 1. The third-order valence-electron chi connectivity index (χ3n) is 3.53. The number of furan rings is 1. The first-order chi connectivity index (χ1) is 8.25. The Morgan fingerprint density at radius 2 is 2.41 bits per heavy atom. The largest absolute Gasteiger partial charge is 0.463 e. The maximum Gasteiger partial charge on any atom is 0.270 e. The van der Waals surface area contributed by atoms with Crippen LogP contribution in [0.4, 0.5) is 0 Å². The van der Waals surface area contributed by atoms with E-state index in [1.54, 1.807) is 12.3 Å². The van der Waals surface area contributed by atoms with Crippen molar-refractivity contribution in [3.05, 3.63) is 24.1 Å². The Bertz CT molecular complexity index is 512. The van der Waals surface area contributed by atoms with Crippen LogP contribution in [0.1, 0.15) is 36.7 Å². The van der Waals surface area contributed by atoms with E-state index in [4.69, 9.17) is 4.42 Å². The molecular weight excluding hydrogens is 216 g/mol. The molecule has 2 aromatic rings. The van der Waals surface area contributed by atoms with E-state index in [1.165, 1.54) is 6.42 Å². The predicted octanol–water partition coefficient (Wildman–Crippen LogP) is 2.78. The number of carbonyl (C=O) groups is 1. The van der Waals surface area contributed by atoms with Crippen LogP contribution in [0.2, 0.25) is 0 Å². The molecule has 1 atom stereocenters. The van der Waals surface area contributed by atoms with Gasteiger partial charge in [0.15, 0.2) is 5.58 Å². The summed E-state index contributed by atoms with van der Waals surface area (Å²) in [4.78, 5) is 17.4. The van der Waals surface area contributed by atoms with Crippen molar-refractivity contribution in [2.75, 3.05) is 6.54 Å². The molecule has 0 saturated carbocycles. The lowest BCUT2D eigenvalue weighted by Gasteiger charge is -2.33. The van der Waals surface area contributed by atoms with E-state index >= 15 is 0 Å². The maximum absolute atomic E-state index is 12.3. The van der Waals surface area contributed by atoms with Gasteiger partial charge in [-0.25, -0.2) is 0 Å². The van der Waals surface area contributed by atoms with Crippen LogP contribution in [0.15, 0.2) is 22.8 Å². The fraction of sp³-hybridized carbons (Fsp3) is 0.462. The summed E-state index contributed by atoms with van der Waals surface area (Å²) in [5, 5.41) is 0. The fourth-order valence-electron chi connectivity index (χ4n) is 2.52. The lowest BCUT2D eigenvalue weighted by molar-refractivity contribution is 0.0630. The summed E-state index contributed by atoms with van der Waals surface area (Å²) >= 11 is 0. The zero-order valence-corrected chi connectivity index (χ0v) is 9.90. The second-order valence-corrected chi connectivity index (χ2v) is 4.72. The fourth-order valence-corrected chi connectivity index (χ4v) is 2.52.